The summed E-state index contributed by atoms with van der Waals surface area (Å²) in [5.41, 5.74) is 0. The average molecular weight is 1180 g/mol. The lowest BCUT2D eigenvalue weighted by molar-refractivity contribution is -0.344. The first kappa shape index (κ1) is 68.5. The number of benzene rings is 6. The van der Waals surface area contributed by atoms with Crippen LogP contribution in [0, 0.1) is 0 Å². The maximum atomic E-state index is 12.2. The predicted molar refractivity (Wildman–Crippen MR) is 316 cm³/mol. The van der Waals surface area contributed by atoms with Gasteiger partial charge in [0, 0.05) is 53.1 Å². The van der Waals surface area contributed by atoms with Crippen molar-refractivity contribution in [3.05, 3.63) is 182 Å². The van der Waals surface area contributed by atoms with Gasteiger partial charge in [0.2, 0.25) is 11.8 Å². The first-order valence-electron chi connectivity index (χ1n) is 26.3. The number of carboxylic acid groups (broad SMARTS) is 2. The summed E-state index contributed by atoms with van der Waals surface area (Å²) < 4.78 is 63.1. The standard InChI is InChI=1S/2C28H35N4OP.2C2HF3O2/c2*1-32(24-31-29)22-13-20-28(33)30-21-11-12-23-34(25-14-5-2-6-15-25,26-16-7-3-8-17-26)27-18-9-4-10-19-27;2*3-2(4,5)1(6)7/h2*2-10,14-19,24H,11-13,20-23,29H2,1H3;2*(H,6,7). The molecule has 6 N–H and O–H groups in total. The molecule has 440 valence electrons. The number of aliphatic carboxylic acids is 2. The Hall–Kier alpha value is -7.82. The summed E-state index contributed by atoms with van der Waals surface area (Å²) in [5, 5.41) is 39.2. The lowest BCUT2D eigenvalue weighted by atomic mass is 10.2. The Kier molecular flexibility index (Phi) is 30.5. The van der Waals surface area contributed by atoms with Gasteiger partial charge in [0.05, 0.1) is 12.3 Å². The molecule has 2 amide bonds. The number of amides is 2. The van der Waals surface area contributed by atoms with Gasteiger partial charge < -0.3 is 51.9 Å². The van der Waals surface area contributed by atoms with Gasteiger partial charge in [-0.1, -0.05) is 109 Å². The summed E-state index contributed by atoms with van der Waals surface area (Å²) in [6, 6.07) is 65.6. The summed E-state index contributed by atoms with van der Waals surface area (Å²) in [4.78, 5) is 45.8. The zero-order chi connectivity index (χ0) is 60.3. The number of unbranched alkanes of at least 4 members (excludes halogenated alkanes) is 2. The minimum Gasteiger partial charge on any atom is -0.542 e. The number of carboxylic acids is 2. The molecule has 0 saturated carbocycles. The van der Waals surface area contributed by atoms with E-state index in [0.717, 1.165) is 63.9 Å². The normalized spacial score (nSPS) is 11.4. The third-order valence-electron chi connectivity index (χ3n) is 12.5. The number of carbonyl (C=O) groups is 4. The number of alkyl halides is 6. The van der Waals surface area contributed by atoms with E-state index >= 15 is 0 Å². The fourth-order valence-corrected chi connectivity index (χ4v) is 17.5. The third kappa shape index (κ3) is 23.7. The van der Waals surface area contributed by atoms with Crippen molar-refractivity contribution in [1.29, 1.82) is 0 Å². The molecule has 6 rings (SSSR count). The molecule has 0 saturated heterocycles. The van der Waals surface area contributed by atoms with Crippen LogP contribution in [0.15, 0.2) is 192 Å². The second-order valence-electron chi connectivity index (χ2n) is 18.5. The van der Waals surface area contributed by atoms with Crippen LogP contribution in [0.25, 0.3) is 0 Å². The number of nitrogens with two attached hydrogens (primary N) is 2. The first-order valence-corrected chi connectivity index (χ1v) is 30.2. The molecule has 22 heteroatoms. The Labute approximate surface area is 477 Å². The largest absolute Gasteiger partial charge is 0.542 e. The van der Waals surface area contributed by atoms with Crippen molar-refractivity contribution in [3.8, 4) is 0 Å². The number of carbonyl (C=O) groups excluding carboxylic acids is 4. The van der Waals surface area contributed by atoms with Crippen LogP contribution in [0.3, 0.4) is 0 Å². The van der Waals surface area contributed by atoms with E-state index in [1.165, 1.54) is 31.8 Å². The number of hydrazone groups is 2. The summed E-state index contributed by atoms with van der Waals surface area (Å²) >= 11 is 0. The Morgan fingerprint density at radius 2 is 0.659 bits per heavy atom. The minimum absolute atomic E-state index is 0.105. The van der Waals surface area contributed by atoms with Gasteiger partial charge in [0.15, 0.2) is 0 Å². The molecule has 0 atom stereocenters. The van der Waals surface area contributed by atoms with Gasteiger partial charge in [-0.05, 0) is 111 Å². The lowest BCUT2D eigenvalue weighted by Gasteiger charge is -2.27. The van der Waals surface area contributed by atoms with Crippen molar-refractivity contribution >= 4 is 82.8 Å². The van der Waals surface area contributed by atoms with E-state index in [0.29, 0.717) is 25.9 Å². The van der Waals surface area contributed by atoms with Crippen LogP contribution in [0.2, 0.25) is 0 Å². The molecule has 0 bridgehead atoms. The van der Waals surface area contributed by atoms with Crippen LogP contribution >= 0.6 is 14.5 Å². The molecule has 0 aliphatic rings. The quantitative estimate of drug-likeness (QED) is 0.0100. The summed E-state index contributed by atoms with van der Waals surface area (Å²) in [6.07, 6.45) is 1.48. The SMILES string of the molecule is CN(C=NN)CCCC(=O)NCCCC[P+](c1ccccc1)(c1ccccc1)c1ccccc1.CN(C=NN)CCCC(=O)NCCCC[P+](c1ccccc1)(c1ccccc1)c1ccccc1.O=C([O-])C(F)(F)F.O=C([O-])C(F)(F)F. The van der Waals surface area contributed by atoms with Gasteiger partial charge in [0.25, 0.3) is 0 Å². The lowest BCUT2D eigenvalue weighted by Crippen LogP contribution is -2.37. The molecule has 0 heterocycles. The van der Waals surface area contributed by atoms with Crippen molar-refractivity contribution in [3.63, 3.8) is 0 Å². The van der Waals surface area contributed by atoms with Crippen molar-refractivity contribution in [2.75, 3.05) is 52.6 Å². The van der Waals surface area contributed by atoms with Gasteiger partial charge in [-0.15, -0.1) is 0 Å². The van der Waals surface area contributed by atoms with Gasteiger partial charge in [0.1, 0.15) is 71.0 Å². The van der Waals surface area contributed by atoms with E-state index in [4.69, 9.17) is 31.5 Å². The molecule has 0 spiro atoms. The molecule has 6 aromatic rings. The van der Waals surface area contributed by atoms with Gasteiger partial charge in [-0.2, -0.15) is 36.5 Å². The smallest absolute Gasteiger partial charge is 0.430 e. The second kappa shape index (κ2) is 36.5. The van der Waals surface area contributed by atoms with E-state index in [1.54, 1.807) is 12.7 Å². The van der Waals surface area contributed by atoms with E-state index in [2.05, 4.69) is 203 Å². The molecule has 0 fully saturated rings. The number of hydrogen-bond acceptors (Lipinski definition) is 10. The summed E-state index contributed by atoms with van der Waals surface area (Å²) in [6.45, 7) is 2.92. The molecule has 0 aliphatic heterocycles. The van der Waals surface area contributed by atoms with Gasteiger partial charge in [-0.25, -0.2) is 0 Å². The Balaban J connectivity index is 0.000000349. The van der Waals surface area contributed by atoms with Gasteiger partial charge >= 0.3 is 12.4 Å². The molecule has 14 nitrogen and oxygen atoms in total. The molecular formula is C60H72F6N8O6P2. The zero-order valence-electron chi connectivity index (χ0n) is 45.9. The fraction of sp³-hybridized carbons (Fsp3) is 0.300. The number of hydrogen-bond donors (Lipinski definition) is 4. The van der Waals surface area contributed by atoms with E-state index in [-0.39, 0.29) is 11.8 Å². The highest BCUT2D eigenvalue weighted by Gasteiger charge is 2.45. The molecule has 0 unspecified atom stereocenters. The number of halogens is 6. The maximum Gasteiger partial charge on any atom is 0.430 e. The molecule has 82 heavy (non-hydrogen) atoms. The van der Waals surface area contributed by atoms with Crippen molar-refractivity contribution in [2.24, 2.45) is 21.9 Å². The second-order valence-corrected chi connectivity index (χ2v) is 25.7. The van der Waals surface area contributed by atoms with Crippen molar-refractivity contribution < 1.29 is 55.7 Å². The van der Waals surface area contributed by atoms with Crippen LogP contribution in [-0.2, 0) is 19.2 Å². The monoisotopic (exact) mass is 1180 g/mol. The summed E-state index contributed by atoms with van der Waals surface area (Å²) in [7, 11) is 0.211. The zero-order valence-corrected chi connectivity index (χ0v) is 47.7. The molecule has 0 aliphatic carbocycles. The van der Waals surface area contributed by atoms with E-state index in [1.807, 2.05) is 23.9 Å². The van der Waals surface area contributed by atoms with Crippen LogP contribution in [-0.4, -0.2) is 111 Å². The van der Waals surface area contributed by atoms with Crippen LogP contribution in [0.1, 0.15) is 51.4 Å². The van der Waals surface area contributed by atoms with Crippen molar-refractivity contribution in [2.45, 2.75) is 63.7 Å². The number of rotatable bonds is 26. The number of nitrogens with one attached hydrogen (secondary N) is 2. The Bertz CT molecular complexity index is 2430. The van der Waals surface area contributed by atoms with Crippen LogP contribution in [0.4, 0.5) is 26.3 Å². The van der Waals surface area contributed by atoms with E-state index in [9.17, 15) is 35.9 Å². The minimum atomic E-state index is -5.19. The highest BCUT2D eigenvalue weighted by Crippen LogP contribution is 2.57. The predicted octanol–water partition coefficient (Wildman–Crippen LogP) is 5.58. The highest BCUT2D eigenvalue weighted by molar-refractivity contribution is 7.96. The molecule has 6 aromatic carbocycles. The molecule has 0 radical (unpaired) electrons. The average Bonchev–Trinajstić information content (AvgIpc) is 3.66. The summed E-state index contributed by atoms with van der Waals surface area (Å²) in [5.74, 6) is 4.49. The van der Waals surface area contributed by atoms with E-state index < -0.39 is 38.8 Å². The van der Waals surface area contributed by atoms with Gasteiger partial charge in [-0.3, -0.25) is 9.59 Å². The Morgan fingerprint density at radius 1 is 0.439 bits per heavy atom. The van der Waals surface area contributed by atoms with Crippen LogP contribution in [0.5, 0.6) is 0 Å². The topological polar surface area (TPSA) is 222 Å². The molecular weight excluding hydrogens is 1100 g/mol. The Morgan fingerprint density at radius 3 is 0.854 bits per heavy atom. The van der Waals surface area contributed by atoms with Crippen LogP contribution < -0.4 is 64.4 Å². The highest BCUT2D eigenvalue weighted by atomic mass is 31.2. The first-order chi connectivity index (χ1) is 39.2. The number of nitrogens with zero attached hydrogens (tertiary/aromatic N) is 4. The molecule has 0 aromatic heterocycles. The van der Waals surface area contributed by atoms with Crippen molar-refractivity contribution in [1.82, 2.24) is 20.4 Å². The maximum absolute atomic E-state index is 12.2. The third-order valence-corrected chi connectivity index (χ3v) is 21.5. The fourth-order valence-electron chi connectivity index (χ4n) is 8.67.